The molecular weight excluding hydrogens is 421 g/mol. The largest absolute Gasteiger partial charge is 0.497 e. The Morgan fingerprint density at radius 2 is 1.87 bits per heavy atom. The van der Waals surface area contributed by atoms with Gasteiger partial charge in [-0.15, -0.1) is 0 Å². The van der Waals surface area contributed by atoms with Crippen molar-refractivity contribution in [1.82, 2.24) is 0 Å². The van der Waals surface area contributed by atoms with Crippen LogP contribution in [0.15, 0.2) is 77.4 Å². The lowest BCUT2D eigenvalue weighted by Gasteiger charge is -2.11. The molecule has 0 aliphatic carbocycles. The number of hydrogen-bond donors (Lipinski definition) is 0. The Labute approximate surface area is 183 Å². The molecule has 0 saturated carbocycles. The monoisotopic (exact) mass is 437 g/mol. The predicted octanol–water partition coefficient (Wildman–Crippen LogP) is 5.41. The van der Waals surface area contributed by atoms with E-state index in [1.54, 1.807) is 66.7 Å². The summed E-state index contributed by atoms with van der Waals surface area (Å²) in [7, 11) is 1.53. The molecule has 0 amide bonds. The van der Waals surface area contributed by atoms with E-state index in [-0.39, 0.29) is 24.0 Å². The highest BCUT2D eigenvalue weighted by molar-refractivity contribution is 6.30. The van der Waals surface area contributed by atoms with Gasteiger partial charge < -0.3 is 14.2 Å². The molecule has 0 spiro atoms. The van der Waals surface area contributed by atoms with Crippen LogP contribution < -0.4 is 9.47 Å². The first kappa shape index (κ1) is 20.6. The molecule has 156 valence electrons. The molecule has 0 unspecified atom stereocenters. The molecule has 5 nitrogen and oxygen atoms in total. The van der Waals surface area contributed by atoms with Crippen molar-refractivity contribution >= 4 is 29.5 Å². The third-order valence-electron chi connectivity index (χ3n) is 4.56. The zero-order chi connectivity index (χ0) is 21.8. The van der Waals surface area contributed by atoms with Gasteiger partial charge in [-0.2, -0.15) is 0 Å². The van der Waals surface area contributed by atoms with E-state index in [9.17, 15) is 9.18 Å². The number of carbonyl (C=O) groups excluding carboxylic acids is 1. The fourth-order valence-electron chi connectivity index (χ4n) is 2.94. The Kier molecular flexibility index (Phi) is 6.00. The fraction of sp³-hybridized carbons (Fsp3) is 0.0833. The van der Waals surface area contributed by atoms with Crippen LogP contribution >= 0.6 is 11.6 Å². The predicted molar refractivity (Wildman–Crippen MR) is 116 cm³/mol. The average molecular weight is 438 g/mol. The van der Waals surface area contributed by atoms with Gasteiger partial charge in [-0.25, -0.2) is 14.2 Å². The number of rotatable bonds is 6. The zero-order valence-corrected chi connectivity index (χ0v) is 17.2. The van der Waals surface area contributed by atoms with Crippen molar-refractivity contribution in [2.75, 3.05) is 7.11 Å². The summed E-state index contributed by atoms with van der Waals surface area (Å²) in [5.41, 5.74) is 1.70. The minimum atomic E-state index is -0.590. The second-order valence-electron chi connectivity index (χ2n) is 6.63. The minimum absolute atomic E-state index is 0.0267. The van der Waals surface area contributed by atoms with Gasteiger partial charge in [0, 0.05) is 21.7 Å². The van der Waals surface area contributed by atoms with Crippen molar-refractivity contribution < 1.29 is 23.4 Å². The summed E-state index contributed by atoms with van der Waals surface area (Å²) < 4.78 is 30.3. The van der Waals surface area contributed by atoms with E-state index in [2.05, 4.69) is 4.99 Å². The Bertz CT molecular complexity index is 1190. The van der Waals surface area contributed by atoms with Crippen molar-refractivity contribution in [1.29, 1.82) is 0 Å². The number of aliphatic imine (C=N–C) groups is 1. The van der Waals surface area contributed by atoms with Gasteiger partial charge in [-0.05, 0) is 54.6 Å². The van der Waals surface area contributed by atoms with Crippen molar-refractivity contribution in [3.8, 4) is 11.5 Å². The SMILES string of the molecule is COc1ccc(OCc2ccccc2F)c(/C=C2/N=C(c3ccc(Cl)cc3)OC2=O)c1. The van der Waals surface area contributed by atoms with Crippen molar-refractivity contribution in [2.24, 2.45) is 4.99 Å². The van der Waals surface area contributed by atoms with Gasteiger partial charge in [-0.1, -0.05) is 29.8 Å². The maximum Gasteiger partial charge on any atom is 0.363 e. The number of hydrogen-bond acceptors (Lipinski definition) is 5. The van der Waals surface area contributed by atoms with Gasteiger partial charge in [0.1, 0.15) is 23.9 Å². The molecule has 0 fully saturated rings. The zero-order valence-electron chi connectivity index (χ0n) is 16.5. The molecule has 0 radical (unpaired) electrons. The molecule has 1 aliphatic rings. The molecule has 0 N–H and O–H groups in total. The van der Waals surface area contributed by atoms with Crippen LogP contribution in [-0.2, 0) is 16.1 Å². The first-order chi connectivity index (χ1) is 15.0. The third-order valence-corrected chi connectivity index (χ3v) is 4.81. The molecule has 3 aromatic carbocycles. The second-order valence-corrected chi connectivity index (χ2v) is 7.06. The Balaban J connectivity index is 1.64. The van der Waals surface area contributed by atoms with Crippen LogP contribution in [0.1, 0.15) is 16.7 Å². The molecule has 0 atom stereocenters. The van der Waals surface area contributed by atoms with Crippen LogP contribution in [-0.4, -0.2) is 19.0 Å². The Morgan fingerprint density at radius 1 is 1.10 bits per heavy atom. The van der Waals surface area contributed by atoms with Crippen LogP contribution in [0.4, 0.5) is 4.39 Å². The minimum Gasteiger partial charge on any atom is -0.497 e. The molecule has 0 saturated heterocycles. The highest BCUT2D eigenvalue weighted by Crippen LogP contribution is 2.29. The van der Waals surface area contributed by atoms with Crippen LogP contribution in [0.25, 0.3) is 6.08 Å². The highest BCUT2D eigenvalue weighted by atomic mass is 35.5. The summed E-state index contributed by atoms with van der Waals surface area (Å²) in [6.07, 6.45) is 1.55. The Hall–Kier alpha value is -3.64. The van der Waals surface area contributed by atoms with Crippen molar-refractivity contribution in [3.05, 3.63) is 100.0 Å². The first-order valence-electron chi connectivity index (χ1n) is 9.36. The van der Waals surface area contributed by atoms with Crippen LogP contribution in [0.2, 0.25) is 5.02 Å². The smallest absolute Gasteiger partial charge is 0.363 e. The summed E-state index contributed by atoms with van der Waals surface area (Å²) >= 11 is 5.90. The Morgan fingerprint density at radius 3 is 2.61 bits per heavy atom. The standard InChI is InChI=1S/C24H17ClFNO4/c1-29-19-10-11-22(30-14-16-4-2-3-5-20(16)26)17(12-19)13-21-24(28)31-23(27-21)15-6-8-18(25)9-7-15/h2-13H,14H2,1H3/b21-13+. The summed E-state index contributed by atoms with van der Waals surface area (Å²) in [6.45, 7) is 0.0267. The summed E-state index contributed by atoms with van der Waals surface area (Å²) in [4.78, 5) is 16.7. The van der Waals surface area contributed by atoms with E-state index >= 15 is 0 Å². The van der Waals surface area contributed by atoms with Gasteiger partial charge >= 0.3 is 5.97 Å². The molecule has 31 heavy (non-hydrogen) atoms. The maximum absolute atomic E-state index is 13.9. The number of methoxy groups -OCH3 is 1. The van der Waals surface area contributed by atoms with Crippen molar-refractivity contribution in [2.45, 2.75) is 6.61 Å². The van der Waals surface area contributed by atoms with Gasteiger partial charge in [-0.3, -0.25) is 0 Å². The molecule has 7 heteroatoms. The first-order valence-corrected chi connectivity index (χ1v) is 9.74. The maximum atomic E-state index is 13.9. The van der Waals surface area contributed by atoms with Crippen LogP contribution in [0.5, 0.6) is 11.5 Å². The fourth-order valence-corrected chi connectivity index (χ4v) is 3.07. The highest BCUT2D eigenvalue weighted by Gasteiger charge is 2.24. The van der Waals surface area contributed by atoms with E-state index in [4.69, 9.17) is 25.8 Å². The van der Waals surface area contributed by atoms with Gasteiger partial charge in [0.25, 0.3) is 0 Å². The number of nitrogens with zero attached hydrogens (tertiary/aromatic N) is 1. The number of ether oxygens (including phenoxy) is 3. The number of esters is 1. The van der Waals surface area contributed by atoms with E-state index in [1.165, 1.54) is 13.2 Å². The number of halogens is 2. The molecule has 4 rings (SSSR count). The third kappa shape index (κ3) is 4.75. The van der Waals surface area contributed by atoms with Crippen LogP contribution in [0, 0.1) is 5.82 Å². The summed E-state index contributed by atoms with van der Waals surface area (Å²) in [5, 5.41) is 0.567. The second kappa shape index (κ2) is 9.02. The van der Waals surface area contributed by atoms with Gasteiger partial charge in [0.15, 0.2) is 5.70 Å². The number of cyclic esters (lactones) is 1. The van der Waals surface area contributed by atoms with Gasteiger partial charge in [0.2, 0.25) is 5.90 Å². The average Bonchev–Trinajstić information content (AvgIpc) is 3.14. The van der Waals surface area contributed by atoms with E-state index in [0.717, 1.165) is 0 Å². The van der Waals surface area contributed by atoms with E-state index in [0.29, 0.717) is 33.2 Å². The number of benzene rings is 3. The normalized spacial score (nSPS) is 14.4. The van der Waals surface area contributed by atoms with E-state index < -0.39 is 5.97 Å². The molecule has 0 bridgehead atoms. The quantitative estimate of drug-likeness (QED) is 0.382. The van der Waals surface area contributed by atoms with E-state index in [1.807, 2.05) is 0 Å². The van der Waals surface area contributed by atoms with Crippen molar-refractivity contribution in [3.63, 3.8) is 0 Å². The summed E-state index contributed by atoms with van der Waals surface area (Å²) in [5.74, 6) is 0.253. The molecule has 3 aromatic rings. The molecule has 1 aliphatic heterocycles. The lowest BCUT2D eigenvalue weighted by atomic mass is 10.1. The lowest BCUT2D eigenvalue weighted by molar-refractivity contribution is -0.129. The summed E-state index contributed by atoms with van der Waals surface area (Å²) in [6, 6.07) is 18.3. The van der Waals surface area contributed by atoms with Gasteiger partial charge in [0.05, 0.1) is 7.11 Å². The lowest BCUT2D eigenvalue weighted by Crippen LogP contribution is -2.05. The molecule has 1 heterocycles. The molecular formula is C24H17ClFNO4. The van der Waals surface area contributed by atoms with Crippen LogP contribution in [0.3, 0.4) is 0 Å². The number of carbonyl (C=O) groups is 1. The topological polar surface area (TPSA) is 57.1 Å². The molecule has 0 aromatic heterocycles.